The Bertz CT molecular complexity index is 2880. The highest BCUT2D eigenvalue weighted by atomic mass is 16.5. The molecule has 11 rings (SSSR count). The van der Waals surface area contributed by atoms with Crippen LogP contribution in [0.3, 0.4) is 0 Å². The highest BCUT2D eigenvalue weighted by Crippen LogP contribution is 2.50. The van der Waals surface area contributed by atoms with E-state index >= 15 is 0 Å². The van der Waals surface area contributed by atoms with Crippen LogP contribution in [0.5, 0.6) is 5.75 Å². The lowest BCUT2D eigenvalue weighted by Gasteiger charge is -2.21. The SMILES string of the molecule is C=NC(c1ccccc1)c1ccc(-c2cccc3c2C2C=C(c4ccc5c6c(ccc5c4)CCC=C6)C=CC2O3)cc1.Cc1ccc2c(c1)C(C)(C)c1ccccc1-2.N=CN. The molecule has 61 heavy (non-hydrogen) atoms. The summed E-state index contributed by atoms with van der Waals surface area (Å²) in [6.07, 6.45) is 14.5. The number of aryl methyl sites for hydroxylation is 2. The number of rotatable bonds is 5. The first kappa shape index (κ1) is 39.4. The van der Waals surface area contributed by atoms with Crippen LogP contribution in [0.1, 0.15) is 82.3 Å². The van der Waals surface area contributed by atoms with Gasteiger partial charge < -0.3 is 10.5 Å². The number of fused-ring (bicyclic) bond motifs is 9. The van der Waals surface area contributed by atoms with Crippen LogP contribution in [0.25, 0.3) is 44.7 Å². The van der Waals surface area contributed by atoms with Crippen molar-refractivity contribution in [2.24, 2.45) is 10.7 Å². The van der Waals surface area contributed by atoms with Gasteiger partial charge in [-0.15, -0.1) is 0 Å². The number of benzene rings is 7. The maximum Gasteiger partial charge on any atom is 0.128 e. The normalized spacial score (nSPS) is 17.3. The summed E-state index contributed by atoms with van der Waals surface area (Å²) in [5.74, 6) is 1.13. The molecular weight excluding hydrogens is 743 g/mol. The Morgan fingerprint density at radius 2 is 1.48 bits per heavy atom. The molecule has 1 heterocycles. The molecule has 300 valence electrons. The Labute approximate surface area is 360 Å². The molecule has 0 spiro atoms. The van der Waals surface area contributed by atoms with E-state index < -0.39 is 0 Å². The zero-order valence-electron chi connectivity index (χ0n) is 35.1. The van der Waals surface area contributed by atoms with Gasteiger partial charge in [0.15, 0.2) is 0 Å². The fraction of sp³-hybridized carbons (Fsp3) is 0.158. The van der Waals surface area contributed by atoms with Crippen LogP contribution < -0.4 is 10.5 Å². The van der Waals surface area contributed by atoms with E-state index in [9.17, 15) is 0 Å². The molecule has 0 fully saturated rings. The minimum Gasteiger partial charge on any atom is -0.485 e. The van der Waals surface area contributed by atoms with Crippen molar-refractivity contribution in [2.75, 3.05) is 0 Å². The average Bonchev–Trinajstić information content (AvgIpc) is 3.78. The largest absolute Gasteiger partial charge is 0.485 e. The molecule has 0 saturated heterocycles. The molecule has 0 saturated carbocycles. The van der Waals surface area contributed by atoms with Crippen LogP contribution in [-0.2, 0) is 11.8 Å². The predicted octanol–water partition coefficient (Wildman–Crippen LogP) is 13.6. The topological polar surface area (TPSA) is 71.5 Å². The summed E-state index contributed by atoms with van der Waals surface area (Å²) in [4.78, 5) is 4.43. The molecule has 0 radical (unpaired) electrons. The first-order valence-corrected chi connectivity index (χ1v) is 21.2. The summed E-state index contributed by atoms with van der Waals surface area (Å²) in [7, 11) is 0. The van der Waals surface area contributed by atoms with E-state index in [4.69, 9.17) is 10.1 Å². The third kappa shape index (κ3) is 7.33. The maximum atomic E-state index is 6.46. The second-order valence-electron chi connectivity index (χ2n) is 16.8. The molecule has 3 unspecified atom stereocenters. The van der Waals surface area contributed by atoms with Crippen molar-refractivity contribution in [3.63, 3.8) is 0 Å². The number of nitrogens with one attached hydrogen (secondary N) is 1. The highest BCUT2D eigenvalue weighted by molar-refractivity contribution is 5.95. The van der Waals surface area contributed by atoms with E-state index in [0.717, 1.165) is 36.1 Å². The summed E-state index contributed by atoms with van der Waals surface area (Å²) < 4.78 is 6.46. The van der Waals surface area contributed by atoms with Gasteiger partial charge in [-0.25, -0.2) is 0 Å². The second kappa shape index (κ2) is 16.5. The monoisotopic (exact) mass is 793 g/mol. The van der Waals surface area contributed by atoms with Crippen molar-refractivity contribution in [1.82, 2.24) is 0 Å². The van der Waals surface area contributed by atoms with Gasteiger partial charge in [-0.1, -0.05) is 177 Å². The van der Waals surface area contributed by atoms with Gasteiger partial charge in [-0.3, -0.25) is 10.4 Å². The van der Waals surface area contributed by atoms with Crippen molar-refractivity contribution in [2.45, 2.75) is 57.1 Å². The van der Waals surface area contributed by atoms with Crippen molar-refractivity contribution in [3.05, 3.63) is 220 Å². The molecule has 4 heteroatoms. The van der Waals surface area contributed by atoms with Crippen molar-refractivity contribution >= 4 is 35.5 Å². The van der Waals surface area contributed by atoms with Gasteiger partial charge in [0, 0.05) is 16.9 Å². The fourth-order valence-electron chi connectivity index (χ4n) is 9.74. The van der Waals surface area contributed by atoms with E-state index in [2.05, 4.69) is 196 Å². The number of allylic oxidation sites excluding steroid dienone is 3. The number of aliphatic imine (C=N–C) groups is 1. The maximum absolute atomic E-state index is 6.46. The average molecular weight is 794 g/mol. The van der Waals surface area contributed by atoms with Crippen molar-refractivity contribution in [1.29, 1.82) is 5.41 Å². The lowest BCUT2D eigenvalue weighted by atomic mass is 9.82. The number of nitrogens with zero attached hydrogens (tertiary/aromatic N) is 1. The third-order valence-corrected chi connectivity index (χ3v) is 12.8. The minimum atomic E-state index is -0.0769. The molecule has 0 bridgehead atoms. The number of hydrogen-bond acceptors (Lipinski definition) is 3. The second-order valence-corrected chi connectivity index (χ2v) is 16.8. The van der Waals surface area contributed by atoms with Gasteiger partial charge in [-0.2, -0.15) is 0 Å². The van der Waals surface area contributed by atoms with Gasteiger partial charge in [0.1, 0.15) is 11.9 Å². The lowest BCUT2D eigenvalue weighted by molar-refractivity contribution is 0.269. The van der Waals surface area contributed by atoms with E-state index in [1.807, 2.05) is 18.2 Å². The Morgan fingerprint density at radius 1 is 0.754 bits per heavy atom. The zero-order valence-corrected chi connectivity index (χ0v) is 35.1. The quantitative estimate of drug-likeness (QED) is 0.135. The molecule has 0 aromatic heterocycles. The Balaban J connectivity index is 0.000000208. The molecule has 4 nitrogen and oxygen atoms in total. The first-order chi connectivity index (χ1) is 29.8. The van der Waals surface area contributed by atoms with E-state index in [-0.39, 0.29) is 23.5 Å². The summed E-state index contributed by atoms with van der Waals surface area (Å²) >= 11 is 0. The third-order valence-electron chi connectivity index (χ3n) is 12.8. The molecule has 3 N–H and O–H groups in total. The van der Waals surface area contributed by atoms with Gasteiger partial charge in [0.25, 0.3) is 0 Å². The van der Waals surface area contributed by atoms with Crippen LogP contribution >= 0.6 is 0 Å². The predicted molar refractivity (Wildman–Crippen MR) is 257 cm³/mol. The highest BCUT2D eigenvalue weighted by Gasteiger charge is 2.36. The molecular formula is C57H51N3O. The van der Waals surface area contributed by atoms with Gasteiger partial charge in [0.05, 0.1) is 12.4 Å². The van der Waals surface area contributed by atoms with Crippen LogP contribution in [0.15, 0.2) is 175 Å². The summed E-state index contributed by atoms with van der Waals surface area (Å²) in [6, 6.07) is 52.5. The standard InChI is InChI=1S/C40H31NO.C16H16.CH4N2/c1-41-40(28-9-3-2-4-10-28)29-17-14-27(15-18-29)35-12-7-13-38-39(35)36-25-31(21-23-37(36)42-38)30-20-22-34-32(24-30)19-16-26-8-5-6-11-33(26)34;1-11-8-9-13-12-6-4-5-7-14(12)16(2,3)15(13)10-11;2-1-3/h2-4,6-7,9-25,36-37,40H,1,5,8H2;4-10H,1-3H3;1H,(H3,2,3). The molecule has 3 aliphatic carbocycles. The molecule has 7 aromatic rings. The number of hydrogen-bond donors (Lipinski definition) is 2. The van der Waals surface area contributed by atoms with Gasteiger partial charge >= 0.3 is 0 Å². The molecule has 1 aliphatic heterocycles. The van der Waals surface area contributed by atoms with E-state index in [1.54, 1.807) is 0 Å². The lowest BCUT2D eigenvalue weighted by Crippen LogP contribution is -2.17. The Morgan fingerprint density at radius 3 is 2.28 bits per heavy atom. The van der Waals surface area contributed by atoms with Crippen molar-refractivity contribution < 1.29 is 4.74 Å². The van der Waals surface area contributed by atoms with Crippen LogP contribution in [-0.4, -0.2) is 19.2 Å². The summed E-state index contributed by atoms with van der Waals surface area (Å²) in [6.45, 7) is 10.7. The summed E-state index contributed by atoms with van der Waals surface area (Å²) in [5.41, 5.74) is 22.9. The van der Waals surface area contributed by atoms with Gasteiger partial charge in [0.2, 0.25) is 0 Å². The fourth-order valence-corrected chi connectivity index (χ4v) is 9.74. The van der Waals surface area contributed by atoms with E-state index in [1.165, 1.54) is 77.5 Å². The van der Waals surface area contributed by atoms with Gasteiger partial charge in [-0.05, 0) is 122 Å². The first-order valence-electron chi connectivity index (χ1n) is 21.2. The summed E-state index contributed by atoms with van der Waals surface area (Å²) in [5, 5.41) is 8.49. The van der Waals surface area contributed by atoms with Crippen LogP contribution in [0.2, 0.25) is 0 Å². The number of ether oxygens (including phenoxy) is 1. The van der Waals surface area contributed by atoms with E-state index in [0.29, 0.717) is 0 Å². The van der Waals surface area contributed by atoms with Crippen LogP contribution in [0, 0.1) is 12.3 Å². The molecule has 7 aromatic carbocycles. The van der Waals surface area contributed by atoms with Crippen LogP contribution in [0.4, 0.5) is 0 Å². The minimum absolute atomic E-state index is 0.00853. The number of nitrogens with two attached hydrogens (primary N) is 1. The molecule has 0 amide bonds. The smallest absolute Gasteiger partial charge is 0.128 e. The molecule has 3 atom stereocenters. The molecule has 4 aliphatic rings. The zero-order chi connectivity index (χ0) is 42.1. The Hall–Kier alpha value is -7.04. The van der Waals surface area contributed by atoms with Crippen molar-refractivity contribution in [3.8, 4) is 28.0 Å². The Kier molecular flexibility index (Phi) is 10.7.